The Bertz CT molecular complexity index is 1340. The molecule has 2 fully saturated rings. The minimum Gasteiger partial charge on any atom is -0.504 e. The number of hydrogen-bond acceptors (Lipinski definition) is 5. The number of rotatable bonds is 1. The first-order valence-corrected chi connectivity index (χ1v) is 12.9. The van der Waals surface area contributed by atoms with Crippen molar-refractivity contribution in [2.45, 2.75) is 69.2 Å². The lowest BCUT2D eigenvalue weighted by Gasteiger charge is -2.66. The van der Waals surface area contributed by atoms with Crippen molar-refractivity contribution in [1.82, 2.24) is 9.80 Å². The minimum absolute atomic E-state index is 0.0399. The smallest absolute Gasteiger partial charge is 0.298 e. The van der Waals surface area contributed by atoms with E-state index in [1.54, 1.807) is 18.0 Å². The van der Waals surface area contributed by atoms with Gasteiger partial charge in [0.1, 0.15) is 6.10 Å². The molecule has 1 amide bonds. The van der Waals surface area contributed by atoms with E-state index in [1.165, 1.54) is 5.56 Å². The standard InChI is InChI=1S/C30H34N2O4/c1-17-6-7-20(14-18(17)2)8-11-25(34)32(5)22-15-19(3)30(35)24-16-21-9-10-23(33)27-26(21)29(30,28(22)36-27)12-13-31(24)4/h6-7,9-10,14,19,22,24,28,33,35H,12-13,15-16H2,1-5H3/t19-,22-,24+,28-,29-,30+/m0/s1. The van der Waals surface area contributed by atoms with E-state index in [-0.39, 0.29) is 29.7 Å². The number of benzene rings is 2. The van der Waals surface area contributed by atoms with Gasteiger partial charge in [0.05, 0.1) is 17.1 Å². The molecular weight excluding hydrogens is 452 g/mol. The largest absolute Gasteiger partial charge is 0.504 e. The number of piperidine rings is 1. The number of aliphatic hydroxyl groups is 1. The second-order valence-electron chi connectivity index (χ2n) is 11.4. The Morgan fingerprint density at radius 1 is 1.22 bits per heavy atom. The highest BCUT2D eigenvalue weighted by molar-refractivity contribution is 5.94. The number of nitrogens with zero attached hydrogens (tertiary/aromatic N) is 2. The van der Waals surface area contributed by atoms with Crippen LogP contribution in [0.4, 0.5) is 0 Å². The Morgan fingerprint density at radius 3 is 2.75 bits per heavy atom. The second kappa shape index (κ2) is 7.74. The number of aryl methyl sites for hydroxylation is 2. The van der Waals surface area contributed by atoms with Crippen LogP contribution in [0.3, 0.4) is 0 Å². The third-order valence-electron chi connectivity index (χ3n) is 9.76. The highest BCUT2D eigenvalue weighted by Crippen LogP contribution is 2.66. The fourth-order valence-corrected chi connectivity index (χ4v) is 7.70. The lowest BCUT2D eigenvalue weighted by molar-refractivity contribution is -0.220. The van der Waals surface area contributed by atoms with E-state index in [0.29, 0.717) is 18.6 Å². The molecule has 6 nitrogen and oxygen atoms in total. The van der Waals surface area contributed by atoms with Gasteiger partial charge in [0, 0.05) is 30.1 Å². The molecule has 2 aliphatic heterocycles. The van der Waals surface area contributed by atoms with Crippen LogP contribution in [0.1, 0.15) is 47.6 Å². The second-order valence-corrected chi connectivity index (χ2v) is 11.4. The molecule has 6 atom stereocenters. The van der Waals surface area contributed by atoms with Gasteiger partial charge in [0.15, 0.2) is 11.5 Å². The van der Waals surface area contributed by atoms with Crippen LogP contribution in [0.15, 0.2) is 30.3 Å². The maximum absolute atomic E-state index is 13.3. The first-order valence-electron chi connectivity index (χ1n) is 12.9. The molecule has 4 aliphatic rings. The van der Waals surface area contributed by atoms with Crippen molar-refractivity contribution in [3.63, 3.8) is 0 Å². The maximum atomic E-state index is 13.3. The Morgan fingerprint density at radius 2 is 2.00 bits per heavy atom. The van der Waals surface area contributed by atoms with Gasteiger partial charge in [-0.1, -0.05) is 25.0 Å². The lowest BCUT2D eigenvalue weighted by atomic mass is 9.45. The van der Waals surface area contributed by atoms with Gasteiger partial charge in [-0.05, 0) is 87.5 Å². The van der Waals surface area contributed by atoms with Crippen LogP contribution in [0.5, 0.6) is 11.5 Å². The molecule has 2 aromatic rings. The van der Waals surface area contributed by atoms with Crippen LogP contribution < -0.4 is 4.74 Å². The number of likely N-dealkylation sites (N-methyl/N-ethyl adjacent to an activating group) is 2. The zero-order chi connectivity index (χ0) is 25.6. The molecule has 0 unspecified atom stereocenters. The molecule has 6 heteroatoms. The van der Waals surface area contributed by atoms with Crippen molar-refractivity contribution in [1.29, 1.82) is 0 Å². The summed E-state index contributed by atoms with van der Waals surface area (Å²) in [5.74, 6) is 6.13. The number of aromatic hydroxyl groups is 1. The summed E-state index contributed by atoms with van der Waals surface area (Å²) < 4.78 is 6.56. The molecule has 0 aromatic heterocycles. The number of likely N-dealkylation sites (tertiary alicyclic amines) is 1. The van der Waals surface area contributed by atoms with E-state index in [2.05, 4.69) is 37.6 Å². The molecule has 6 rings (SSSR count). The average molecular weight is 487 g/mol. The van der Waals surface area contributed by atoms with E-state index in [0.717, 1.165) is 35.2 Å². The Kier molecular flexibility index (Phi) is 5.03. The summed E-state index contributed by atoms with van der Waals surface area (Å²) in [5.41, 5.74) is 3.54. The number of ether oxygens (including phenoxy) is 1. The Labute approximate surface area is 212 Å². The van der Waals surface area contributed by atoms with Crippen LogP contribution in [-0.4, -0.2) is 70.3 Å². The molecule has 2 aliphatic carbocycles. The van der Waals surface area contributed by atoms with Gasteiger partial charge in [-0.2, -0.15) is 0 Å². The van der Waals surface area contributed by atoms with Gasteiger partial charge < -0.3 is 24.7 Å². The van der Waals surface area contributed by atoms with Crippen LogP contribution in [0, 0.1) is 31.6 Å². The topological polar surface area (TPSA) is 73.2 Å². The van der Waals surface area contributed by atoms with E-state index in [9.17, 15) is 15.0 Å². The summed E-state index contributed by atoms with van der Waals surface area (Å²) in [5, 5.41) is 23.3. The summed E-state index contributed by atoms with van der Waals surface area (Å²) in [6.07, 6.45) is 1.58. The molecular formula is C30H34N2O4. The maximum Gasteiger partial charge on any atom is 0.298 e. The summed E-state index contributed by atoms with van der Waals surface area (Å²) in [4.78, 5) is 17.3. The zero-order valence-electron chi connectivity index (χ0n) is 21.6. The number of carbonyl (C=O) groups is 1. The monoisotopic (exact) mass is 486 g/mol. The van der Waals surface area contributed by atoms with E-state index in [1.807, 2.05) is 31.2 Å². The first kappa shape index (κ1) is 23.4. The van der Waals surface area contributed by atoms with Gasteiger partial charge in [-0.15, -0.1) is 0 Å². The number of amides is 1. The van der Waals surface area contributed by atoms with E-state index >= 15 is 0 Å². The van der Waals surface area contributed by atoms with Gasteiger partial charge >= 0.3 is 0 Å². The molecule has 2 aromatic carbocycles. The lowest BCUT2D eigenvalue weighted by Crippen LogP contribution is -2.80. The molecule has 2 heterocycles. The third kappa shape index (κ3) is 2.84. The minimum atomic E-state index is -1.01. The number of phenols is 1. The predicted octanol–water partition coefficient (Wildman–Crippen LogP) is 2.92. The molecule has 2 bridgehead atoms. The summed E-state index contributed by atoms with van der Waals surface area (Å²) in [6, 6.07) is 9.32. The van der Waals surface area contributed by atoms with Crippen LogP contribution in [-0.2, 0) is 16.6 Å². The highest BCUT2D eigenvalue weighted by Gasteiger charge is 2.75. The van der Waals surface area contributed by atoms with Gasteiger partial charge in [0.2, 0.25) is 0 Å². The normalized spacial score (nSPS) is 33.7. The molecule has 0 radical (unpaired) electrons. The molecule has 1 spiro atoms. The first-order chi connectivity index (χ1) is 17.1. The predicted molar refractivity (Wildman–Crippen MR) is 137 cm³/mol. The van der Waals surface area contributed by atoms with E-state index < -0.39 is 17.1 Å². The van der Waals surface area contributed by atoms with Crippen molar-refractivity contribution < 1.29 is 19.7 Å². The summed E-state index contributed by atoms with van der Waals surface area (Å²) >= 11 is 0. The number of carbonyl (C=O) groups excluding carboxylic acids is 1. The van der Waals surface area contributed by atoms with Crippen LogP contribution in [0.25, 0.3) is 0 Å². The molecule has 188 valence electrons. The van der Waals surface area contributed by atoms with E-state index in [4.69, 9.17) is 4.74 Å². The molecule has 36 heavy (non-hydrogen) atoms. The molecule has 1 saturated carbocycles. The van der Waals surface area contributed by atoms with Gasteiger partial charge in [-0.3, -0.25) is 4.79 Å². The number of hydrogen-bond donors (Lipinski definition) is 2. The van der Waals surface area contributed by atoms with Crippen molar-refractivity contribution in [2.75, 3.05) is 20.6 Å². The highest BCUT2D eigenvalue weighted by atomic mass is 16.5. The zero-order valence-corrected chi connectivity index (χ0v) is 21.6. The summed E-state index contributed by atoms with van der Waals surface area (Å²) in [6.45, 7) is 7.02. The SMILES string of the molecule is Cc1ccc(C#CC(=O)N(C)[C@H]2C[C@H](C)[C@@]3(O)[C@H]4Cc5ccc(O)c6c5[C@@]3(CCN4C)[C@H]2O6)cc1C. The summed E-state index contributed by atoms with van der Waals surface area (Å²) in [7, 11) is 3.88. The van der Waals surface area contributed by atoms with Gasteiger partial charge in [-0.25, -0.2) is 0 Å². The van der Waals surface area contributed by atoms with Crippen LogP contribution >= 0.6 is 0 Å². The average Bonchev–Trinajstić information content (AvgIpc) is 3.20. The van der Waals surface area contributed by atoms with Crippen molar-refractivity contribution in [3.05, 3.63) is 58.1 Å². The van der Waals surface area contributed by atoms with Crippen molar-refractivity contribution >= 4 is 5.91 Å². The van der Waals surface area contributed by atoms with Crippen LogP contribution in [0.2, 0.25) is 0 Å². The Balaban J connectivity index is 1.41. The third-order valence-corrected chi connectivity index (χ3v) is 9.76. The van der Waals surface area contributed by atoms with Crippen molar-refractivity contribution in [3.8, 4) is 23.3 Å². The quantitative estimate of drug-likeness (QED) is 0.607. The Hall–Kier alpha value is -3.01. The number of phenolic OH excluding ortho intramolecular Hbond substituents is 1. The van der Waals surface area contributed by atoms with Crippen molar-refractivity contribution in [2.24, 2.45) is 5.92 Å². The fourth-order valence-electron chi connectivity index (χ4n) is 7.70. The van der Waals surface area contributed by atoms with Gasteiger partial charge in [0.25, 0.3) is 5.91 Å². The fraction of sp³-hybridized carbons (Fsp3) is 0.500. The molecule has 1 saturated heterocycles. The molecule has 2 N–H and O–H groups in total.